The second-order valence-corrected chi connectivity index (χ2v) is 7.15. The molecule has 7 nitrogen and oxygen atoms in total. The number of rotatable bonds is 4. The van der Waals surface area contributed by atoms with Gasteiger partial charge in [-0.25, -0.2) is 9.53 Å². The molecule has 0 aromatic heterocycles. The molecule has 128 valence electrons. The van der Waals surface area contributed by atoms with Crippen LogP contribution in [0.4, 0.5) is 10.1 Å². The van der Waals surface area contributed by atoms with Gasteiger partial charge in [0.2, 0.25) is 5.91 Å². The minimum atomic E-state index is -3.69. The summed E-state index contributed by atoms with van der Waals surface area (Å²) in [6, 6.07) is 3.75. The summed E-state index contributed by atoms with van der Waals surface area (Å²) in [4.78, 5) is 14.2. The van der Waals surface area contributed by atoms with Crippen molar-refractivity contribution in [3.63, 3.8) is 0 Å². The number of nitrogens with one attached hydrogen (secondary N) is 1. The van der Waals surface area contributed by atoms with Crippen molar-refractivity contribution in [3.05, 3.63) is 29.6 Å². The highest BCUT2D eigenvalue weighted by atomic mass is 32.2. The third kappa shape index (κ3) is 4.47. The first-order chi connectivity index (χ1) is 10.7. The van der Waals surface area contributed by atoms with Crippen LogP contribution in [-0.4, -0.2) is 55.8 Å². The van der Waals surface area contributed by atoms with Gasteiger partial charge in [0.1, 0.15) is 5.82 Å². The quantitative estimate of drug-likeness (QED) is 0.820. The Morgan fingerprint density at radius 2 is 1.91 bits per heavy atom. The molecule has 0 radical (unpaired) electrons. The van der Waals surface area contributed by atoms with Gasteiger partial charge in [-0.15, -0.1) is 0 Å². The summed E-state index contributed by atoms with van der Waals surface area (Å²) in [5, 5.41) is 7.80. The van der Waals surface area contributed by atoms with Crippen LogP contribution in [0.25, 0.3) is 0 Å². The van der Waals surface area contributed by atoms with E-state index in [4.69, 9.17) is 5.14 Å². The van der Waals surface area contributed by atoms with E-state index in [-0.39, 0.29) is 19.0 Å². The number of halogens is 1. The Labute approximate surface area is 135 Å². The number of hydrogen-bond acceptors (Lipinski definition) is 4. The molecule has 1 saturated heterocycles. The number of hydrogen-bond donors (Lipinski definition) is 2. The maximum Gasteiger partial charge on any atom is 0.276 e. The van der Waals surface area contributed by atoms with E-state index in [0.717, 1.165) is 5.56 Å². The second-order valence-electron chi connectivity index (χ2n) is 5.60. The minimum Gasteiger partial charge on any atom is -0.324 e. The number of benzene rings is 1. The van der Waals surface area contributed by atoms with E-state index < -0.39 is 22.1 Å². The molecule has 3 N–H and O–H groups in total. The lowest BCUT2D eigenvalue weighted by atomic mass is 10.1. The number of aryl methyl sites for hydroxylation is 1. The highest BCUT2D eigenvalue weighted by Crippen LogP contribution is 2.17. The summed E-state index contributed by atoms with van der Waals surface area (Å²) >= 11 is 0. The number of piperazine rings is 1. The lowest BCUT2D eigenvalue weighted by molar-refractivity contribution is -0.121. The molecule has 1 aliphatic rings. The molecular formula is C14H21FN4O3S. The number of nitrogens with two attached hydrogens (primary N) is 1. The summed E-state index contributed by atoms with van der Waals surface area (Å²) in [6.07, 6.45) is 0. The van der Waals surface area contributed by atoms with Crippen molar-refractivity contribution in [2.24, 2.45) is 5.14 Å². The maximum atomic E-state index is 13.3. The average molecular weight is 344 g/mol. The fourth-order valence-corrected chi connectivity index (χ4v) is 3.15. The van der Waals surface area contributed by atoms with Crippen LogP contribution in [0.1, 0.15) is 12.5 Å². The second kappa shape index (κ2) is 6.91. The number of carbonyl (C=O) groups is 1. The van der Waals surface area contributed by atoms with Gasteiger partial charge in [-0.05, 0) is 31.5 Å². The summed E-state index contributed by atoms with van der Waals surface area (Å²) in [5.41, 5.74) is 1.20. The normalized spacial score (nSPS) is 18.6. The SMILES string of the molecule is Cc1ccc(F)cc1NC(=O)C(C)N1CCN(S(N)(=O)=O)CC1. The first kappa shape index (κ1) is 17.8. The predicted molar refractivity (Wildman–Crippen MR) is 85.5 cm³/mol. The van der Waals surface area contributed by atoms with Crippen LogP contribution in [0.15, 0.2) is 18.2 Å². The Hall–Kier alpha value is -1.55. The number of carbonyl (C=O) groups excluding carboxylic acids is 1. The predicted octanol–water partition coefficient (Wildman–Crippen LogP) is 0.282. The zero-order chi connectivity index (χ0) is 17.2. The summed E-state index contributed by atoms with van der Waals surface area (Å²) in [5.74, 6) is -0.678. The van der Waals surface area contributed by atoms with E-state index in [1.165, 1.54) is 16.4 Å². The van der Waals surface area contributed by atoms with Gasteiger partial charge < -0.3 is 5.32 Å². The fourth-order valence-electron chi connectivity index (χ4n) is 2.48. The van der Waals surface area contributed by atoms with Gasteiger partial charge in [-0.1, -0.05) is 6.07 Å². The van der Waals surface area contributed by atoms with Crippen LogP contribution >= 0.6 is 0 Å². The number of amides is 1. The molecular weight excluding hydrogens is 323 g/mol. The third-order valence-electron chi connectivity index (χ3n) is 4.02. The molecule has 2 rings (SSSR count). The smallest absolute Gasteiger partial charge is 0.276 e. The van der Waals surface area contributed by atoms with E-state index in [9.17, 15) is 17.6 Å². The summed E-state index contributed by atoms with van der Waals surface area (Å²) < 4.78 is 37.0. The zero-order valence-corrected chi connectivity index (χ0v) is 13.9. The van der Waals surface area contributed by atoms with Gasteiger partial charge in [0.05, 0.1) is 6.04 Å². The summed E-state index contributed by atoms with van der Waals surface area (Å²) in [7, 11) is -3.69. The van der Waals surface area contributed by atoms with Crippen molar-refractivity contribution in [3.8, 4) is 0 Å². The Morgan fingerprint density at radius 3 is 2.48 bits per heavy atom. The molecule has 0 saturated carbocycles. The molecule has 1 amide bonds. The van der Waals surface area contributed by atoms with Crippen molar-refractivity contribution in [1.82, 2.24) is 9.21 Å². The van der Waals surface area contributed by atoms with Crippen LogP contribution < -0.4 is 10.5 Å². The molecule has 1 aromatic carbocycles. The van der Waals surface area contributed by atoms with Gasteiger partial charge in [0, 0.05) is 31.9 Å². The molecule has 1 atom stereocenters. The standard InChI is InChI=1S/C14H21FN4O3S/c1-10-3-4-12(15)9-13(10)17-14(20)11(2)18-5-7-19(8-6-18)23(16,21)22/h3-4,9,11H,5-8H2,1-2H3,(H,17,20)(H2,16,21,22). The van der Waals surface area contributed by atoms with E-state index in [2.05, 4.69) is 5.32 Å². The Morgan fingerprint density at radius 1 is 1.30 bits per heavy atom. The first-order valence-electron chi connectivity index (χ1n) is 7.27. The topological polar surface area (TPSA) is 95.7 Å². The molecule has 0 spiro atoms. The average Bonchev–Trinajstić information content (AvgIpc) is 2.49. The molecule has 0 bridgehead atoms. The highest BCUT2D eigenvalue weighted by Gasteiger charge is 2.29. The fraction of sp³-hybridized carbons (Fsp3) is 0.500. The van der Waals surface area contributed by atoms with Crippen molar-refractivity contribution in [2.45, 2.75) is 19.9 Å². The van der Waals surface area contributed by atoms with Gasteiger partial charge >= 0.3 is 0 Å². The van der Waals surface area contributed by atoms with Gasteiger partial charge in [-0.3, -0.25) is 9.69 Å². The number of nitrogens with zero attached hydrogens (tertiary/aromatic N) is 2. The Bertz CT molecular complexity index is 687. The molecule has 9 heteroatoms. The van der Waals surface area contributed by atoms with E-state index in [1.807, 2.05) is 4.90 Å². The lowest BCUT2D eigenvalue weighted by Gasteiger charge is -2.35. The molecule has 1 heterocycles. The summed E-state index contributed by atoms with van der Waals surface area (Å²) in [6.45, 7) is 4.83. The van der Waals surface area contributed by atoms with Crippen molar-refractivity contribution in [2.75, 3.05) is 31.5 Å². The van der Waals surface area contributed by atoms with E-state index >= 15 is 0 Å². The minimum absolute atomic E-state index is 0.245. The van der Waals surface area contributed by atoms with Crippen LogP contribution in [0.2, 0.25) is 0 Å². The largest absolute Gasteiger partial charge is 0.324 e. The van der Waals surface area contributed by atoms with Gasteiger partial charge in [0.15, 0.2) is 0 Å². The maximum absolute atomic E-state index is 13.3. The lowest BCUT2D eigenvalue weighted by Crippen LogP contribution is -2.55. The van der Waals surface area contributed by atoms with Gasteiger partial charge in [-0.2, -0.15) is 12.7 Å². The van der Waals surface area contributed by atoms with E-state index in [0.29, 0.717) is 18.8 Å². The molecule has 1 aliphatic heterocycles. The van der Waals surface area contributed by atoms with Crippen molar-refractivity contribution < 1.29 is 17.6 Å². The van der Waals surface area contributed by atoms with Crippen LogP contribution in [0, 0.1) is 12.7 Å². The van der Waals surface area contributed by atoms with Crippen molar-refractivity contribution in [1.29, 1.82) is 0 Å². The van der Waals surface area contributed by atoms with E-state index in [1.54, 1.807) is 19.9 Å². The number of anilines is 1. The van der Waals surface area contributed by atoms with Crippen LogP contribution in [0.5, 0.6) is 0 Å². The molecule has 1 aromatic rings. The molecule has 0 aliphatic carbocycles. The van der Waals surface area contributed by atoms with Gasteiger partial charge in [0.25, 0.3) is 10.2 Å². The monoisotopic (exact) mass is 344 g/mol. The Balaban J connectivity index is 1.97. The molecule has 1 unspecified atom stereocenters. The van der Waals surface area contributed by atoms with Crippen LogP contribution in [0.3, 0.4) is 0 Å². The Kier molecular flexibility index (Phi) is 5.35. The van der Waals surface area contributed by atoms with Crippen molar-refractivity contribution >= 4 is 21.8 Å². The van der Waals surface area contributed by atoms with Crippen LogP contribution in [-0.2, 0) is 15.0 Å². The molecule has 23 heavy (non-hydrogen) atoms. The first-order valence-corrected chi connectivity index (χ1v) is 8.78. The highest BCUT2D eigenvalue weighted by molar-refractivity contribution is 7.86. The zero-order valence-electron chi connectivity index (χ0n) is 13.1. The molecule has 1 fully saturated rings. The third-order valence-corrected chi connectivity index (χ3v) is 5.10.